The van der Waals surface area contributed by atoms with Crippen LogP contribution in [-0.4, -0.2) is 22.2 Å². The van der Waals surface area contributed by atoms with Crippen molar-refractivity contribution >= 4 is 11.9 Å². The number of hydrogen-bond acceptors (Lipinski definition) is 2. The van der Waals surface area contributed by atoms with Gasteiger partial charge in [-0.3, -0.25) is 9.59 Å². The van der Waals surface area contributed by atoms with E-state index in [1.165, 1.54) is 64.2 Å². The maximum absolute atomic E-state index is 10.2. The molecule has 0 atom stereocenters. The van der Waals surface area contributed by atoms with Crippen molar-refractivity contribution in [3.05, 3.63) is 0 Å². The second-order valence-corrected chi connectivity index (χ2v) is 7.58. The molecule has 0 aromatic heterocycles. The third kappa shape index (κ3) is 14.3. The van der Waals surface area contributed by atoms with Crippen molar-refractivity contribution in [3.63, 3.8) is 0 Å². The Kier molecular flexibility index (Phi) is 15.4. The van der Waals surface area contributed by atoms with Crippen molar-refractivity contribution < 1.29 is 36.9 Å². The van der Waals surface area contributed by atoms with Gasteiger partial charge in [0.05, 0.1) is 0 Å². The van der Waals surface area contributed by atoms with Gasteiger partial charge in [0.25, 0.3) is 0 Å². The van der Waals surface area contributed by atoms with Gasteiger partial charge >= 0.3 is 11.9 Å². The number of carboxylic acids is 2. The van der Waals surface area contributed by atoms with Crippen LogP contribution in [0.15, 0.2) is 0 Å². The maximum atomic E-state index is 10.2. The van der Waals surface area contributed by atoms with Crippen LogP contribution in [0, 0.1) is 11.8 Å². The summed E-state index contributed by atoms with van der Waals surface area (Å²) in [6.45, 7) is 0. The summed E-state index contributed by atoms with van der Waals surface area (Å²) in [5.41, 5.74) is 0. The topological polar surface area (TPSA) is 74.6 Å². The zero-order chi connectivity index (χ0) is 17.6. The van der Waals surface area contributed by atoms with Crippen LogP contribution in [0.5, 0.6) is 0 Å². The molecular formula is C20H36CuO4. The number of aliphatic carboxylic acids is 2. The summed E-state index contributed by atoms with van der Waals surface area (Å²) in [5, 5.41) is 16.9. The van der Waals surface area contributed by atoms with Crippen LogP contribution in [0.1, 0.15) is 103 Å². The van der Waals surface area contributed by atoms with Crippen LogP contribution in [0.4, 0.5) is 0 Å². The third-order valence-electron chi connectivity index (χ3n) is 5.46. The van der Waals surface area contributed by atoms with Gasteiger partial charge in [-0.25, -0.2) is 0 Å². The van der Waals surface area contributed by atoms with Crippen molar-refractivity contribution in [2.75, 3.05) is 0 Å². The van der Waals surface area contributed by atoms with E-state index in [1.54, 1.807) is 0 Å². The van der Waals surface area contributed by atoms with E-state index < -0.39 is 11.9 Å². The summed E-state index contributed by atoms with van der Waals surface area (Å²) < 4.78 is 0. The van der Waals surface area contributed by atoms with E-state index in [1.807, 2.05) is 0 Å². The van der Waals surface area contributed by atoms with Gasteiger partial charge in [-0.2, -0.15) is 0 Å². The largest absolute Gasteiger partial charge is 0.481 e. The molecule has 25 heavy (non-hydrogen) atoms. The molecule has 0 bridgehead atoms. The Morgan fingerprint density at radius 3 is 1.24 bits per heavy atom. The van der Waals surface area contributed by atoms with E-state index in [4.69, 9.17) is 10.2 Å². The quantitative estimate of drug-likeness (QED) is 0.514. The van der Waals surface area contributed by atoms with Gasteiger partial charge in [0.1, 0.15) is 0 Å². The molecule has 2 aliphatic rings. The van der Waals surface area contributed by atoms with Gasteiger partial charge in [-0.05, 0) is 37.5 Å². The van der Waals surface area contributed by atoms with Crippen LogP contribution >= 0.6 is 0 Å². The maximum Gasteiger partial charge on any atom is 0.303 e. The number of carboxylic acid groups (broad SMARTS) is 2. The van der Waals surface area contributed by atoms with Crippen LogP contribution in [0.25, 0.3) is 0 Å². The molecule has 2 fully saturated rings. The summed E-state index contributed by atoms with van der Waals surface area (Å²) >= 11 is 0. The first-order valence-electron chi connectivity index (χ1n) is 10.0. The van der Waals surface area contributed by atoms with Crippen LogP contribution in [0.3, 0.4) is 0 Å². The normalized spacial score (nSPS) is 18.6. The Bertz CT molecular complexity index is 314. The van der Waals surface area contributed by atoms with E-state index in [0.29, 0.717) is 12.8 Å². The van der Waals surface area contributed by atoms with E-state index in [0.717, 1.165) is 37.5 Å². The minimum Gasteiger partial charge on any atom is -0.481 e. The standard InChI is InChI=1S/2C10H18O2.Cu/c2*11-10(12)8-4-7-9-5-2-1-3-6-9;/h2*9H,1-8H2,(H,11,12);. The molecule has 2 rings (SSSR count). The minimum absolute atomic E-state index is 0. The number of rotatable bonds is 8. The second kappa shape index (κ2) is 15.7. The van der Waals surface area contributed by atoms with Crippen molar-refractivity contribution in [2.24, 2.45) is 11.8 Å². The Balaban J connectivity index is 0.000000443. The van der Waals surface area contributed by atoms with E-state index in [2.05, 4.69) is 0 Å². The zero-order valence-corrected chi connectivity index (χ0v) is 16.4. The zero-order valence-electron chi connectivity index (χ0n) is 15.5. The molecule has 0 spiro atoms. The third-order valence-corrected chi connectivity index (χ3v) is 5.46. The van der Waals surface area contributed by atoms with Crippen molar-refractivity contribution in [1.29, 1.82) is 0 Å². The average molecular weight is 404 g/mol. The molecule has 0 aromatic rings. The molecule has 4 nitrogen and oxygen atoms in total. The molecule has 2 N–H and O–H groups in total. The van der Waals surface area contributed by atoms with Gasteiger partial charge in [0.15, 0.2) is 0 Å². The van der Waals surface area contributed by atoms with Gasteiger partial charge in [0.2, 0.25) is 0 Å². The fourth-order valence-electron chi connectivity index (χ4n) is 4.04. The monoisotopic (exact) mass is 403 g/mol. The van der Waals surface area contributed by atoms with Gasteiger partial charge in [-0.1, -0.05) is 64.2 Å². The SMILES string of the molecule is O=C(O)CCCC1CCCCC1.O=C(O)CCCC1CCCCC1.[Cu]. The molecule has 5 heteroatoms. The van der Waals surface area contributed by atoms with Crippen LogP contribution in [0.2, 0.25) is 0 Å². The molecule has 0 unspecified atom stereocenters. The molecule has 0 aromatic carbocycles. The van der Waals surface area contributed by atoms with Gasteiger partial charge < -0.3 is 10.2 Å². The molecule has 0 amide bonds. The first-order chi connectivity index (χ1) is 11.6. The molecular weight excluding hydrogens is 368 g/mol. The smallest absolute Gasteiger partial charge is 0.303 e. The Labute approximate surface area is 163 Å². The van der Waals surface area contributed by atoms with Crippen molar-refractivity contribution in [3.8, 4) is 0 Å². The average Bonchev–Trinajstić information content (AvgIpc) is 2.57. The van der Waals surface area contributed by atoms with Crippen molar-refractivity contribution in [1.82, 2.24) is 0 Å². The van der Waals surface area contributed by atoms with E-state index in [9.17, 15) is 9.59 Å². The molecule has 2 aliphatic carbocycles. The molecule has 1 radical (unpaired) electrons. The van der Waals surface area contributed by atoms with Crippen LogP contribution in [-0.2, 0) is 26.7 Å². The fraction of sp³-hybridized carbons (Fsp3) is 0.900. The van der Waals surface area contributed by atoms with Crippen molar-refractivity contribution in [2.45, 2.75) is 103 Å². The molecule has 0 aliphatic heterocycles. The summed E-state index contributed by atoms with van der Waals surface area (Å²) in [7, 11) is 0. The van der Waals surface area contributed by atoms with Gasteiger partial charge in [0, 0.05) is 29.9 Å². The van der Waals surface area contributed by atoms with Gasteiger partial charge in [-0.15, -0.1) is 0 Å². The fourth-order valence-corrected chi connectivity index (χ4v) is 4.04. The number of carbonyl (C=O) groups is 2. The minimum atomic E-state index is -0.647. The first-order valence-corrected chi connectivity index (χ1v) is 10.0. The first kappa shape index (κ1) is 24.5. The molecule has 0 heterocycles. The van der Waals surface area contributed by atoms with E-state index in [-0.39, 0.29) is 17.1 Å². The predicted molar refractivity (Wildman–Crippen MR) is 96.1 cm³/mol. The molecule has 0 saturated heterocycles. The number of hydrogen-bond donors (Lipinski definition) is 2. The van der Waals surface area contributed by atoms with Crippen LogP contribution < -0.4 is 0 Å². The molecule has 151 valence electrons. The summed E-state index contributed by atoms with van der Waals surface area (Å²) in [4.78, 5) is 20.5. The van der Waals surface area contributed by atoms with E-state index >= 15 is 0 Å². The molecule has 2 saturated carbocycles. The summed E-state index contributed by atoms with van der Waals surface area (Å²) in [5.74, 6) is 0.368. The Morgan fingerprint density at radius 1 is 0.640 bits per heavy atom. The second-order valence-electron chi connectivity index (χ2n) is 7.58. The summed E-state index contributed by atoms with van der Waals surface area (Å²) in [6, 6.07) is 0. The predicted octanol–water partition coefficient (Wildman–Crippen LogP) is 5.64. The summed E-state index contributed by atoms with van der Waals surface area (Å²) in [6.07, 6.45) is 18.3. The Hall–Kier alpha value is -0.541. The Morgan fingerprint density at radius 2 is 0.960 bits per heavy atom.